The highest BCUT2D eigenvalue weighted by atomic mass is 16.5. The Morgan fingerprint density at radius 1 is 0.730 bits per heavy atom. The van der Waals surface area contributed by atoms with Crippen LogP contribution in [0.1, 0.15) is 83.0 Å². The highest BCUT2D eigenvalue weighted by molar-refractivity contribution is 5.91. The van der Waals surface area contributed by atoms with Crippen molar-refractivity contribution in [3.63, 3.8) is 0 Å². The van der Waals surface area contributed by atoms with E-state index in [-0.39, 0.29) is 41.3 Å². The number of benzene rings is 3. The van der Waals surface area contributed by atoms with E-state index in [0.717, 1.165) is 94.6 Å². The van der Waals surface area contributed by atoms with Gasteiger partial charge in [0.15, 0.2) is 0 Å². The van der Waals surface area contributed by atoms with Gasteiger partial charge in [-0.3, -0.25) is 9.59 Å². The maximum Gasteiger partial charge on any atom is 0.407 e. The SMILES string of the molecule is COC(=O)NC(C(=O)N1[C@@H]2CC[C@@H](C2)[C@H]1c1ncc(-c2ccc(-c3ccc4cc(-c5cnc(C6CC7(CC7)CN6C(=O)[C@@H](NC(=O)OC)[C@H](C)OC)[nH]5)ccc4c3)cc2)[nH]1)C(C)C. The number of nitrogens with zero attached hydrogens (tertiary/aromatic N) is 4. The summed E-state index contributed by atoms with van der Waals surface area (Å²) in [6.45, 7) is 6.22. The normalized spacial score (nSPS) is 22.3. The van der Waals surface area contributed by atoms with Crippen LogP contribution in [-0.2, 0) is 23.8 Å². The van der Waals surface area contributed by atoms with Gasteiger partial charge < -0.3 is 44.6 Å². The fourth-order valence-electron chi connectivity index (χ4n) is 10.2. The second-order valence-corrected chi connectivity index (χ2v) is 18.2. The molecule has 4 N–H and O–H groups in total. The van der Waals surface area contributed by atoms with Gasteiger partial charge in [-0.25, -0.2) is 19.6 Å². The Morgan fingerprint density at radius 3 is 1.97 bits per heavy atom. The molecule has 7 atom stereocenters. The molecule has 1 spiro atoms. The van der Waals surface area contributed by atoms with E-state index in [4.69, 9.17) is 24.2 Å². The minimum Gasteiger partial charge on any atom is -0.453 e. The molecule has 2 aliphatic carbocycles. The largest absolute Gasteiger partial charge is 0.453 e. The molecule has 2 bridgehead atoms. The third-order valence-electron chi connectivity index (χ3n) is 14.0. The lowest BCUT2D eigenvalue weighted by molar-refractivity contribution is -0.139. The number of hydrogen-bond acceptors (Lipinski definition) is 9. The number of likely N-dealkylation sites (tertiary alicyclic amines) is 2. The Bertz CT molecular complexity index is 2530. The van der Waals surface area contributed by atoms with Crippen molar-refractivity contribution >= 4 is 34.8 Å². The van der Waals surface area contributed by atoms with E-state index in [1.54, 1.807) is 6.92 Å². The summed E-state index contributed by atoms with van der Waals surface area (Å²) in [4.78, 5) is 72.8. The van der Waals surface area contributed by atoms with E-state index >= 15 is 0 Å². The quantitative estimate of drug-likeness (QED) is 0.0985. The predicted molar refractivity (Wildman–Crippen MR) is 236 cm³/mol. The minimum atomic E-state index is -0.896. The topological polar surface area (TPSA) is 184 Å². The highest BCUT2D eigenvalue weighted by Gasteiger charge is 2.55. The van der Waals surface area contributed by atoms with Crippen molar-refractivity contribution in [3.05, 3.63) is 84.7 Å². The van der Waals surface area contributed by atoms with Crippen LogP contribution in [0.3, 0.4) is 0 Å². The van der Waals surface area contributed by atoms with E-state index in [0.29, 0.717) is 12.5 Å². The molecule has 4 heterocycles. The van der Waals surface area contributed by atoms with Crippen LogP contribution in [0, 0.1) is 17.3 Å². The maximum atomic E-state index is 14.0. The number of H-pyrrole nitrogens is 2. The molecule has 2 aliphatic heterocycles. The van der Waals surface area contributed by atoms with Crippen LogP contribution in [0.5, 0.6) is 0 Å². The number of ether oxygens (including phenoxy) is 3. The zero-order chi connectivity index (χ0) is 44.2. The van der Waals surface area contributed by atoms with Crippen LogP contribution in [0.25, 0.3) is 44.4 Å². The van der Waals surface area contributed by atoms with Crippen molar-refractivity contribution in [1.82, 2.24) is 40.4 Å². The van der Waals surface area contributed by atoms with Gasteiger partial charge in [0.2, 0.25) is 11.8 Å². The van der Waals surface area contributed by atoms with Gasteiger partial charge in [-0.15, -0.1) is 0 Å². The fourth-order valence-corrected chi connectivity index (χ4v) is 10.2. The van der Waals surface area contributed by atoms with E-state index in [9.17, 15) is 19.2 Å². The summed E-state index contributed by atoms with van der Waals surface area (Å²) >= 11 is 0. The van der Waals surface area contributed by atoms with Gasteiger partial charge in [-0.1, -0.05) is 62.4 Å². The molecular weight excluding hydrogens is 801 g/mol. The van der Waals surface area contributed by atoms with E-state index in [1.807, 2.05) is 36.0 Å². The zero-order valence-corrected chi connectivity index (χ0v) is 36.6. The Hall–Kier alpha value is -6.22. The molecule has 0 radical (unpaired) electrons. The molecule has 4 fully saturated rings. The van der Waals surface area contributed by atoms with Crippen molar-refractivity contribution in [1.29, 1.82) is 0 Å². The first kappa shape index (κ1) is 42.1. The third-order valence-corrected chi connectivity index (χ3v) is 14.0. The number of fused-ring (bicyclic) bond motifs is 3. The van der Waals surface area contributed by atoms with E-state index in [1.165, 1.54) is 21.3 Å². The number of hydrogen-bond donors (Lipinski definition) is 4. The zero-order valence-electron chi connectivity index (χ0n) is 36.6. The molecule has 330 valence electrons. The monoisotopic (exact) mass is 856 g/mol. The van der Waals surface area contributed by atoms with Gasteiger partial charge in [-0.05, 0) is 102 Å². The maximum absolute atomic E-state index is 14.0. The molecule has 2 saturated heterocycles. The highest BCUT2D eigenvalue weighted by Crippen LogP contribution is 2.58. The third kappa shape index (κ3) is 8.03. The molecule has 4 amide bonds. The summed E-state index contributed by atoms with van der Waals surface area (Å²) in [7, 11) is 4.10. The number of aromatic amines is 2. The van der Waals surface area contributed by atoms with Gasteiger partial charge in [0.1, 0.15) is 23.7 Å². The van der Waals surface area contributed by atoms with Crippen molar-refractivity contribution in [2.24, 2.45) is 17.3 Å². The number of nitrogens with one attached hydrogen (secondary N) is 4. The fraction of sp³-hybridized carbons (Fsp3) is 0.458. The molecule has 2 saturated carbocycles. The number of amides is 4. The first-order valence-corrected chi connectivity index (χ1v) is 22.0. The summed E-state index contributed by atoms with van der Waals surface area (Å²) in [5.41, 5.74) is 5.98. The Balaban J connectivity index is 0.894. The molecule has 63 heavy (non-hydrogen) atoms. The second kappa shape index (κ2) is 16.8. The summed E-state index contributed by atoms with van der Waals surface area (Å²) in [5, 5.41) is 7.63. The molecular formula is C48H56N8O7. The van der Waals surface area contributed by atoms with Gasteiger partial charge >= 0.3 is 12.2 Å². The van der Waals surface area contributed by atoms with Gasteiger partial charge in [-0.2, -0.15) is 0 Å². The van der Waals surface area contributed by atoms with Crippen LogP contribution >= 0.6 is 0 Å². The standard InChI is InChI=1S/C48H56N8O7/c1-26(2)39(53-46(59)62-5)45(58)56-35-16-15-34(21-35)41(56)43-50-23-36(52-43)29-9-7-28(8-10-29)30-11-12-32-20-33(14-13-31(32)19-30)37-24-49-42(51-37)38-22-48(17-18-48)25-55(38)44(57)40(27(3)61-4)54-47(60)63-6/h7-14,19-20,23-24,26-27,34-35,38-41H,15-18,21-22,25H2,1-6H3,(H,49,51)(H,50,52)(H,53,59)(H,54,60)/t27-,34-,35+,38?,39?,40-,41-/m0/s1. The lowest BCUT2D eigenvalue weighted by atomic mass is 9.95. The van der Waals surface area contributed by atoms with Crippen LogP contribution in [0.4, 0.5) is 9.59 Å². The molecule has 15 heteroatoms. The number of rotatable bonds is 12. The number of carbonyl (C=O) groups excluding carboxylic acids is 4. The number of alkyl carbamates (subject to hydrolysis) is 2. The number of piperidine rings is 1. The average molecular weight is 857 g/mol. The lowest BCUT2D eigenvalue weighted by Crippen LogP contribution is -2.54. The van der Waals surface area contributed by atoms with Crippen LogP contribution in [0.2, 0.25) is 0 Å². The number of aromatic nitrogens is 4. The second-order valence-electron chi connectivity index (χ2n) is 18.2. The Morgan fingerprint density at radius 2 is 1.32 bits per heavy atom. The first-order valence-electron chi connectivity index (χ1n) is 22.0. The van der Waals surface area contributed by atoms with Crippen LogP contribution in [-0.4, -0.2) is 106 Å². The molecule has 9 rings (SSSR count). The van der Waals surface area contributed by atoms with E-state index < -0.39 is 30.4 Å². The van der Waals surface area contributed by atoms with Gasteiger partial charge in [0, 0.05) is 25.3 Å². The molecule has 3 aromatic carbocycles. The molecule has 2 unspecified atom stereocenters. The smallest absolute Gasteiger partial charge is 0.407 e. The number of methoxy groups -OCH3 is 3. The van der Waals surface area contributed by atoms with Gasteiger partial charge in [0.05, 0.1) is 56.2 Å². The Kier molecular flexibility index (Phi) is 11.2. The summed E-state index contributed by atoms with van der Waals surface area (Å²) in [6.07, 6.45) is 7.68. The van der Waals surface area contributed by atoms with E-state index in [2.05, 4.69) is 81.3 Å². The van der Waals surface area contributed by atoms with Crippen molar-refractivity contribution in [2.75, 3.05) is 27.9 Å². The first-order chi connectivity index (χ1) is 30.4. The van der Waals surface area contributed by atoms with Crippen LogP contribution < -0.4 is 10.6 Å². The van der Waals surface area contributed by atoms with Gasteiger partial charge in [0.25, 0.3) is 0 Å². The number of imidazole rings is 2. The molecule has 4 aliphatic rings. The minimum absolute atomic E-state index is 0.0776. The molecule has 5 aromatic rings. The summed E-state index contributed by atoms with van der Waals surface area (Å²) in [5.74, 6) is 1.39. The van der Waals surface area contributed by atoms with Crippen molar-refractivity contribution in [2.45, 2.75) is 95.6 Å². The Labute approximate surface area is 366 Å². The van der Waals surface area contributed by atoms with Crippen molar-refractivity contribution < 1.29 is 33.4 Å². The predicted octanol–water partition coefficient (Wildman–Crippen LogP) is 7.53. The number of carbonyl (C=O) groups is 4. The van der Waals surface area contributed by atoms with Crippen molar-refractivity contribution in [3.8, 4) is 33.6 Å². The average Bonchev–Trinajstić information content (AvgIpc) is 3.94. The van der Waals surface area contributed by atoms with Crippen LogP contribution in [0.15, 0.2) is 73.1 Å². The molecule has 15 nitrogen and oxygen atoms in total. The molecule has 2 aromatic heterocycles. The summed E-state index contributed by atoms with van der Waals surface area (Å²) in [6, 6.07) is 19.3. The summed E-state index contributed by atoms with van der Waals surface area (Å²) < 4.78 is 15.1. The lowest BCUT2D eigenvalue weighted by Gasteiger charge is -2.37.